The highest BCUT2D eigenvalue weighted by molar-refractivity contribution is 6.46. The molecule has 0 bridgehead atoms. The lowest BCUT2D eigenvalue weighted by Gasteiger charge is -2.25. The zero-order valence-corrected chi connectivity index (χ0v) is 22.6. The summed E-state index contributed by atoms with van der Waals surface area (Å²) in [7, 11) is 1.59. The van der Waals surface area contributed by atoms with Crippen LogP contribution in [-0.4, -0.2) is 48.6 Å². The maximum absolute atomic E-state index is 13.3. The number of aliphatic hydroxyl groups is 1. The summed E-state index contributed by atoms with van der Waals surface area (Å²) in [6, 6.07) is 23.3. The number of carbonyl (C=O) groups is 2. The van der Waals surface area contributed by atoms with Crippen molar-refractivity contribution in [1.29, 1.82) is 0 Å². The molecule has 0 saturated carbocycles. The van der Waals surface area contributed by atoms with Gasteiger partial charge in [0.1, 0.15) is 23.9 Å². The lowest BCUT2D eigenvalue weighted by Crippen LogP contribution is -2.31. The van der Waals surface area contributed by atoms with Gasteiger partial charge >= 0.3 is 0 Å². The number of hydrogen-bond donors (Lipinski definition) is 1. The van der Waals surface area contributed by atoms with Gasteiger partial charge in [0.05, 0.1) is 18.2 Å². The molecule has 1 atom stereocenters. The van der Waals surface area contributed by atoms with Gasteiger partial charge in [0.25, 0.3) is 11.7 Å². The van der Waals surface area contributed by atoms with E-state index in [1.54, 1.807) is 31.4 Å². The maximum atomic E-state index is 13.3. The Morgan fingerprint density at radius 3 is 2.36 bits per heavy atom. The highest BCUT2D eigenvalue weighted by Crippen LogP contribution is 2.40. The molecule has 39 heavy (non-hydrogen) atoms. The number of rotatable bonds is 12. The number of nitrogens with zero attached hydrogens (tertiary/aromatic N) is 1. The van der Waals surface area contributed by atoms with E-state index in [0.29, 0.717) is 61.3 Å². The second-order valence-electron chi connectivity index (χ2n) is 9.91. The molecule has 1 saturated heterocycles. The summed E-state index contributed by atoms with van der Waals surface area (Å²) in [5.41, 5.74) is 2.22. The van der Waals surface area contributed by atoms with E-state index in [4.69, 9.17) is 14.2 Å². The maximum Gasteiger partial charge on any atom is 0.295 e. The van der Waals surface area contributed by atoms with E-state index < -0.39 is 17.7 Å². The molecule has 1 fully saturated rings. The van der Waals surface area contributed by atoms with Crippen molar-refractivity contribution in [3.05, 3.63) is 101 Å². The molecule has 0 aliphatic carbocycles. The van der Waals surface area contributed by atoms with Crippen molar-refractivity contribution >= 4 is 17.4 Å². The number of ether oxygens (including phenoxy) is 3. The van der Waals surface area contributed by atoms with Gasteiger partial charge in [-0.2, -0.15) is 0 Å². The molecule has 1 aliphatic rings. The summed E-state index contributed by atoms with van der Waals surface area (Å²) in [4.78, 5) is 27.9. The van der Waals surface area contributed by atoms with Crippen LogP contribution in [-0.2, 0) is 20.9 Å². The van der Waals surface area contributed by atoms with Crippen LogP contribution in [0.3, 0.4) is 0 Å². The third-order valence-corrected chi connectivity index (χ3v) is 6.42. The molecule has 3 aromatic carbocycles. The fraction of sp³-hybridized carbons (Fsp3) is 0.312. The van der Waals surface area contributed by atoms with Crippen LogP contribution in [0.5, 0.6) is 11.5 Å². The van der Waals surface area contributed by atoms with E-state index in [1.165, 1.54) is 4.90 Å². The van der Waals surface area contributed by atoms with Crippen LogP contribution < -0.4 is 9.47 Å². The van der Waals surface area contributed by atoms with Crippen molar-refractivity contribution in [2.24, 2.45) is 5.92 Å². The van der Waals surface area contributed by atoms with Crippen molar-refractivity contribution in [1.82, 2.24) is 4.90 Å². The monoisotopic (exact) mass is 529 g/mol. The molecule has 1 heterocycles. The topological polar surface area (TPSA) is 85.3 Å². The van der Waals surface area contributed by atoms with E-state index in [-0.39, 0.29) is 11.3 Å². The van der Waals surface area contributed by atoms with Gasteiger partial charge in [-0.15, -0.1) is 0 Å². The molecular weight excluding hydrogens is 494 g/mol. The molecule has 204 valence electrons. The summed E-state index contributed by atoms with van der Waals surface area (Å²) in [5, 5.41) is 11.4. The van der Waals surface area contributed by atoms with Crippen LogP contribution in [0.2, 0.25) is 0 Å². The molecular formula is C32H35NO6. The molecule has 1 aliphatic heterocycles. The molecule has 4 rings (SSSR count). The van der Waals surface area contributed by atoms with Crippen molar-refractivity contribution in [3.63, 3.8) is 0 Å². The Morgan fingerprint density at radius 1 is 0.923 bits per heavy atom. The first-order valence-corrected chi connectivity index (χ1v) is 13.2. The van der Waals surface area contributed by atoms with Crippen molar-refractivity contribution in [2.75, 3.05) is 26.9 Å². The number of ketones is 1. The molecule has 0 spiro atoms. The van der Waals surface area contributed by atoms with Crippen LogP contribution in [0.15, 0.2) is 84.4 Å². The Bertz CT molecular complexity index is 1300. The van der Waals surface area contributed by atoms with E-state index in [2.05, 4.69) is 0 Å². The summed E-state index contributed by atoms with van der Waals surface area (Å²) in [5.74, 6) is -0.0131. The summed E-state index contributed by atoms with van der Waals surface area (Å²) in [6.07, 6.45) is 0.552. The standard InChI is InChI=1S/C32H35NO6/c1-22(2)20-38-27-12-7-11-25(19-27)30(34)28-29(33(17-8-18-37-3)32(36)31(28)35)24-13-15-26(16-14-24)39-21-23-9-5-4-6-10-23/h4-7,9-16,19,22,29,34H,8,17-18,20-21H2,1-3H3/b30-28-. The largest absolute Gasteiger partial charge is 0.507 e. The zero-order chi connectivity index (χ0) is 27.8. The second kappa shape index (κ2) is 13.1. The van der Waals surface area contributed by atoms with Gasteiger partial charge in [0.15, 0.2) is 0 Å². The number of benzene rings is 3. The molecule has 3 aromatic rings. The second-order valence-corrected chi connectivity index (χ2v) is 9.91. The third-order valence-electron chi connectivity index (χ3n) is 6.42. The number of likely N-dealkylation sites (tertiary alicyclic amines) is 1. The predicted octanol–water partition coefficient (Wildman–Crippen LogP) is 5.76. The Hall–Kier alpha value is -4.10. The van der Waals surface area contributed by atoms with Crippen molar-refractivity contribution in [2.45, 2.75) is 32.9 Å². The number of aliphatic hydroxyl groups excluding tert-OH is 1. The third kappa shape index (κ3) is 6.86. The summed E-state index contributed by atoms with van der Waals surface area (Å²) >= 11 is 0. The minimum absolute atomic E-state index is 0.0522. The van der Waals surface area contributed by atoms with Crippen LogP contribution in [0.25, 0.3) is 5.76 Å². The number of hydrogen-bond acceptors (Lipinski definition) is 6. The molecule has 0 radical (unpaired) electrons. The fourth-order valence-corrected chi connectivity index (χ4v) is 4.48. The Kier molecular flexibility index (Phi) is 9.39. The number of Topliss-reactive ketones (excluding diaryl/α,β-unsaturated/α-hetero) is 1. The minimum atomic E-state index is -0.745. The van der Waals surface area contributed by atoms with Crippen LogP contribution in [0, 0.1) is 5.92 Å². The minimum Gasteiger partial charge on any atom is -0.507 e. The SMILES string of the molecule is COCCCN1C(=O)C(=O)/C(=C(\O)c2cccc(OCC(C)C)c2)C1c1ccc(OCc2ccccc2)cc1. The van der Waals surface area contributed by atoms with Crippen molar-refractivity contribution in [3.8, 4) is 11.5 Å². The average molecular weight is 530 g/mol. The van der Waals surface area contributed by atoms with Gasteiger partial charge in [-0.1, -0.05) is 68.4 Å². The highest BCUT2D eigenvalue weighted by Gasteiger charge is 2.45. The normalized spacial score (nSPS) is 16.6. The van der Waals surface area contributed by atoms with Crippen LogP contribution in [0.1, 0.15) is 43.0 Å². The van der Waals surface area contributed by atoms with E-state index in [9.17, 15) is 14.7 Å². The first-order chi connectivity index (χ1) is 18.9. The molecule has 7 heteroatoms. The smallest absolute Gasteiger partial charge is 0.295 e. The molecule has 7 nitrogen and oxygen atoms in total. The van der Waals surface area contributed by atoms with Crippen LogP contribution >= 0.6 is 0 Å². The van der Waals surface area contributed by atoms with Crippen LogP contribution in [0.4, 0.5) is 0 Å². The Morgan fingerprint density at radius 2 is 1.67 bits per heavy atom. The van der Waals surface area contributed by atoms with E-state index in [0.717, 1.165) is 5.56 Å². The number of methoxy groups -OCH3 is 1. The molecule has 1 unspecified atom stereocenters. The molecule has 1 N–H and O–H groups in total. The Labute approximate surface area is 229 Å². The molecule has 1 amide bonds. The zero-order valence-electron chi connectivity index (χ0n) is 22.6. The van der Waals surface area contributed by atoms with Gasteiger partial charge in [0, 0.05) is 25.8 Å². The van der Waals surface area contributed by atoms with Gasteiger partial charge in [-0.3, -0.25) is 9.59 Å². The number of amides is 1. The quantitative estimate of drug-likeness (QED) is 0.139. The van der Waals surface area contributed by atoms with Gasteiger partial charge in [-0.25, -0.2) is 0 Å². The lowest BCUT2D eigenvalue weighted by molar-refractivity contribution is -0.140. The summed E-state index contributed by atoms with van der Waals surface area (Å²) in [6.45, 7) is 5.79. The Balaban J connectivity index is 1.66. The van der Waals surface area contributed by atoms with E-state index in [1.807, 2.05) is 68.4 Å². The number of carbonyl (C=O) groups excluding carboxylic acids is 2. The van der Waals surface area contributed by atoms with Gasteiger partial charge in [0.2, 0.25) is 0 Å². The van der Waals surface area contributed by atoms with Crippen molar-refractivity contribution < 1.29 is 28.9 Å². The summed E-state index contributed by atoms with van der Waals surface area (Å²) < 4.78 is 16.9. The van der Waals surface area contributed by atoms with Gasteiger partial charge in [-0.05, 0) is 47.7 Å². The predicted molar refractivity (Wildman–Crippen MR) is 149 cm³/mol. The molecule has 0 aromatic heterocycles. The first-order valence-electron chi connectivity index (χ1n) is 13.2. The fourth-order valence-electron chi connectivity index (χ4n) is 4.48. The highest BCUT2D eigenvalue weighted by atomic mass is 16.5. The first kappa shape index (κ1) is 27.9. The van der Waals surface area contributed by atoms with E-state index >= 15 is 0 Å². The lowest BCUT2D eigenvalue weighted by atomic mass is 9.95. The average Bonchev–Trinajstić information content (AvgIpc) is 3.21. The van der Waals surface area contributed by atoms with Gasteiger partial charge < -0.3 is 24.2 Å².